The second kappa shape index (κ2) is 10.1. The Morgan fingerprint density at radius 2 is 1.61 bits per heavy atom. The Balaban J connectivity index is 2.18. The third kappa shape index (κ3) is 6.10. The van der Waals surface area contributed by atoms with Gasteiger partial charge < -0.3 is 9.53 Å². The Morgan fingerprint density at radius 3 is 2.08 bits per heavy atom. The zero-order chi connectivity index (χ0) is 27.4. The molecule has 0 radical (unpaired) electrons. The Kier molecular flexibility index (Phi) is 8.35. The molecular formula is C31H48INO2Si. The summed E-state index contributed by atoms with van der Waals surface area (Å²) in [6.45, 7) is 27.3. The zero-order valence-corrected chi connectivity index (χ0v) is 27.8. The molecule has 2 aromatic rings. The predicted molar refractivity (Wildman–Crippen MR) is 163 cm³/mol. The van der Waals surface area contributed by atoms with Crippen LogP contribution in [0.5, 0.6) is 0 Å². The van der Waals surface area contributed by atoms with Crippen molar-refractivity contribution >= 4 is 30.9 Å². The van der Waals surface area contributed by atoms with Crippen LogP contribution >= 0.6 is 22.6 Å². The summed E-state index contributed by atoms with van der Waals surface area (Å²) in [5, 5.41) is 11.9. The summed E-state index contributed by atoms with van der Waals surface area (Å²) in [6, 6.07) is 8.46. The van der Waals surface area contributed by atoms with Gasteiger partial charge in [-0.3, -0.25) is 4.98 Å². The molecule has 1 aromatic carbocycles. The van der Waals surface area contributed by atoms with E-state index in [2.05, 4.69) is 129 Å². The van der Waals surface area contributed by atoms with E-state index < -0.39 is 14.4 Å². The molecule has 1 aliphatic carbocycles. The molecule has 1 aliphatic rings. The fourth-order valence-corrected chi connectivity index (χ4v) is 7.40. The molecule has 0 fully saturated rings. The molecule has 0 unspecified atom stereocenters. The molecule has 0 saturated carbocycles. The van der Waals surface area contributed by atoms with Gasteiger partial charge in [-0.1, -0.05) is 93.5 Å². The van der Waals surface area contributed by atoms with E-state index in [0.29, 0.717) is 0 Å². The molecule has 3 nitrogen and oxygen atoms in total. The number of hydrogen-bond donors (Lipinski definition) is 1. The maximum absolute atomic E-state index is 11.8. The number of aliphatic hydroxyl groups is 1. The molecule has 0 spiro atoms. The first-order valence-electron chi connectivity index (χ1n) is 13.4. The van der Waals surface area contributed by atoms with Crippen LogP contribution in [0, 0.1) is 8.99 Å². The second-order valence-corrected chi connectivity index (χ2v) is 20.3. The van der Waals surface area contributed by atoms with Gasteiger partial charge in [0, 0.05) is 20.4 Å². The second-order valence-electron chi connectivity index (χ2n) is 14.4. The lowest BCUT2D eigenvalue weighted by Crippen LogP contribution is -2.44. The topological polar surface area (TPSA) is 42.4 Å². The van der Waals surface area contributed by atoms with Gasteiger partial charge in [0.25, 0.3) is 0 Å². The van der Waals surface area contributed by atoms with Crippen LogP contribution in [0.2, 0.25) is 18.1 Å². The molecule has 2 atom stereocenters. The number of nitrogens with zero attached hydrogens (tertiary/aromatic N) is 1. The molecule has 3 rings (SSSR count). The molecular weight excluding hydrogens is 573 g/mol. The van der Waals surface area contributed by atoms with Crippen molar-refractivity contribution in [3.63, 3.8) is 0 Å². The van der Waals surface area contributed by atoms with Gasteiger partial charge in [0.2, 0.25) is 0 Å². The Labute approximate surface area is 235 Å². The van der Waals surface area contributed by atoms with Crippen LogP contribution in [0.1, 0.15) is 127 Å². The maximum Gasteiger partial charge on any atom is 0.192 e. The average Bonchev–Trinajstić information content (AvgIpc) is 2.70. The molecule has 36 heavy (non-hydrogen) atoms. The van der Waals surface area contributed by atoms with E-state index in [-0.39, 0.29) is 27.9 Å². The van der Waals surface area contributed by atoms with Crippen molar-refractivity contribution < 1.29 is 9.53 Å². The van der Waals surface area contributed by atoms with Crippen molar-refractivity contribution in [1.29, 1.82) is 0 Å². The number of pyridine rings is 1. The number of aliphatic hydroxyl groups excluding tert-OH is 1. The van der Waals surface area contributed by atoms with Crippen molar-refractivity contribution in [1.82, 2.24) is 4.98 Å². The molecule has 0 bridgehead atoms. The van der Waals surface area contributed by atoms with Crippen LogP contribution in [-0.4, -0.2) is 18.4 Å². The molecule has 5 heteroatoms. The fraction of sp³-hybridized carbons (Fsp3) is 0.645. The van der Waals surface area contributed by atoms with Crippen LogP contribution in [0.3, 0.4) is 0 Å². The maximum atomic E-state index is 11.8. The van der Waals surface area contributed by atoms with Crippen molar-refractivity contribution in [2.45, 2.75) is 124 Å². The number of fused-ring (bicyclic) bond motifs is 1. The van der Waals surface area contributed by atoms with Gasteiger partial charge in [-0.15, -0.1) is 0 Å². The minimum atomic E-state index is -2.01. The highest BCUT2D eigenvalue weighted by Gasteiger charge is 2.44. The van der Waals surface area contributed by atoms with E-state index in [0.717, 1.165) is 38.9 Å². The lowest BCUT2D eigenvalue weighted by atomic mass is 9.74. The first-order valence-corrected chi connectivity index (χ1v) is 17.4. The van der Waals surface area contributed by atoms with Gasteiger partial charge in [0.05, 0.1) is 11.8 Å². The molecule has 1 N–H and O–H groups in total. The van der Waals surface area contributed by atoms with E-state index in [1.807, 2.05) is 0 Å². The Bertz CT molecular complexity index is 1090. The van der Waals surface area contributed by atoms with Gasteiger partial charge in [0.1, 0.15) is 6.10 Å². The smallest absolute Gasteiger partial charge is 0.192 e. The largest absolute Gasteiger partial charge is 0.410 e. The van der Waals surface area contributed by atoms with Gasteiger partial charge in [-0.2, -0.15) is 0 Å². The average molecular weight is 622 g/mol. The Hall–Kier alpha value is -0.763. The highest BCUT2D eigenvalue weighted by Crippen LogP contribution is 2.50. The summed E-state index contributed by atoms with van der Waals surface area (Å²) in [6.07, 6.45) is 1.19. The summed E-state index contributed by atoms with van der Waals surface area (Å²) in [4.78, 5) is 5.29. The monoisotopic (exact) mass is 621 g/mol. The van der Waals surface area contributed by atoms with Gasteiger partial charge in [-0.25, -0.2) is 0 Å². The van der Waals surface area contributed by atoms with E-state index in [9.17, 15) is 5.11 Å². The van der Waals surface area contributed by atoms with Crippen molar-refractivity contribution in [2.24, 2.45) is 5.41 Å². The van der Waals surface area contributed by atoms with E-state index >= 15 is 0 Å². The number of halogens is 1. The van der Waals surface area contributed by atoms with Gasteiger partial charge >= 0.3 is 0 Å². The number of rotatable bonds is 5. The minimum absolute atomic E-state index is 0.000490. The first-order chi connectivity index (χ1) is 16.2. The summed E-state index contributed by atoms with van der Waals surface area (Å²) >= 11 is 2.48. The molecule has 200 valence electrons. The van der Waals surface area contributed by atoms with E-state index in [1.54, 1.807) is 0 Å². The SMILES string of the molecule is CC(C)c1nc2c(c(I)c1[C@@H](O)c1ccc(C(C)(C)C)cc1)[C@@H](O[Si](C)(C)C(C)(C)C)CC(C)(C)C2. The standard InChI is InChI=1S/C31H48INO2Si/c1-19(2)27-25(28(34)20-13-15-21(16-14-20)29(3,4)5)26(32)24-22(33-27)17-31(9,10)18-23(24)35-36(11,12)30(6,7)8/h13-16,19,23,28,34H,17-18H2,1-12H3/t23-,28-/m0/s1. The summed E-state index contributed by atoms with van der Waals surface area (Å²) in [5.74, 6) is 0.215. The minimum Gasteiger partial charge on any atom is -0.410 e. The molecule has 1 aromatic heterocycles. The van der Waals surface area contributed by atoms with Crippen molar-refractivity contribution in [2.75, 3.05) is 0 Å². The summed E-state index contributed by atoms with van der Waals surface area (Å²) < 4.78 is 8.22. The predicted octanol–water partition coefficient (Wildman–Crippen LogP) is 9.22. The number of aromatic nitrogens is 1. The lowest BCUT2D eigenvalue weighted by Gasteiger charge is -2.44. The van der Waals surface area contributed by atoms with E-state index in [4.69, 9.17) is 9.41 Å². The summed E-state index contributed by atoms with van der Waals surface area (Å²) in [7, 11) is -2.01. The van der Waals surface area contributed by atoms with Crippen molar-refractivity contribution in [3.8, 4) is 0 Å². The molecule has 0 aliphatic heterocycles. The zero-order valence-electron chi connectivity index (χ0n) is 24.6. The third-order valence-corrected chi connectivity index (χ3v) is 13.8. The summed E-state index contributed by atoms with van der Waals surface area (Å²) in [5.41, 5.74) is 6.72. The van der Waals surface area contributed by atoms with Gasteiger partial charge in [0.15, 0.2) is 8.32 Å². The number of hydrogen-bond acceptors (Lipinski definition) is 3. The van der Waals surface area contributed by atoms with Crippen molar-refractivity contribution in [3.05, 3.63) is 61.5 Å². The van der Waals surface area contributed by atoms with Crippen LogP contribution in [0.25, 0.3) is 0 Å². The third-order valence-electron chi connectivity index (χ3n) is 8.18. The normalized spacial score (nSPS) is 19.4. The first kappa shape index (κ1) is 29.8. The van der Waals surface area contributed by atoms with Crippen LogP contribution < -0.4 is 0 Å². The van der Waals surface area contributed by atoms with Crippen LogP contribution in [-0.2, 0) is 16.3 Å². The molecule has 0 saturated heterocycles. The van der Waals surface area contributed by atoms with Crippen LogP contribution in [0.4, 0.5) is 0 Å². The Morgan fingerprint density at radius 1 is 1.06 bits per heavy atom. The molecule has 1 heterocycles. The van der Waals surface area contributed by atoms with Crippen LogP contribution in [0.15, 0.2) is 24.3 Å². The van der Waals surface area contributed by atoms with Gasteiger partial charge in [-0.05, 0) is 81.4 Å². The highest BCUT2D eigenvalue weighted by atomic mass is 127. The molecule has 0 amide bonds. The quantitative estimate of drug-likeness (QED) is 0.267. The lowest BCUT2D eigenvalue weighted by molar-refractivity contribution is 0.104. The highest BCUT2D eigenvalue weighted by molar-refractivity contribution is 14.1. The van der Waals surface area contributed by atoms with E-state index in [1.165, 1.54) is 11.1 Å². The fourth-order valence-electron chi connectivity index (χ4n) is 4.91. The number of benzene rings is 1.